The van der Waals surface area contributed by atoms with E-state index in [1.807, 2.05) is 44.2 Å². The van der Waals surface area contributed by atoms with E-state index in [1.165, 1.54) is 0 Å². The van der Waals surface area contributed by atoms with Crippen LogP contribution in [0.5, 0.6) is 5.75 Å². The zero-order valence-corrected chi connectivity index (χ0v) is 15.5. The van der Waals surface area contributed by atoms with Crippen LogP contribution in [0.2, 0.25) is 0 Å². The van der Waals surface area contributed by atoms with Crippen LogP contribution in [0.3, 0.4) is 0 Å². The van der Waals surface area contributed by atoms with E-state index in [2.05, 4.69) is 22.4 Å². The minimum absolute atomic E-state index is 0.0234. The zero-order valence-electron chi connectivity index (χ0n) is 14.7. The van der Waals surface area contributed by atoms with Crippen molar-refractivity contribution in [3.05, 3.63) is 58.6 Å². The van der Waals surface area contributed by atoms with Crippen LogP contribution in [-0.4, -0.2) is 18.0 Å². The molecule has 1 unspecified atom stereocenters. The predicted molar refractivity (Wildman–Crippen MR) is 102 cm³/mol. The Hall–Kier alpha value is -2.40. The van der Waals surface area contributed by atoms with Crippen LogP contribution >= 0.6 is 11.3 Å². The maximum absolute atomic E-state index is 12.3. The first-order chi connectivity index (χ1) is 12.1. The van der Waals surface area contributed by atoms with Gasteiger partial charge in [-0.3, -0.25) is 4.79 Å². The zero-order chi connectivity index (χ0) is 17.8. The smallest absolute Gasteiger partial charge is 0.220 e. The SMILES string of the molecule is COc1ccc(C)cc1C(C)NC(=O)CCc1nc2ccccc2s1. The summed E-state index contributed by atoms with van der Waals surface area (Å²) in [7, 11) is 1.65. The third kappa shape index (κ3) is 4.17. The number of benzene rings is 2. The van der Waals surface area contributed by atoms with Gasteiger partial charge in [0.2, 0.25) is 5.91 Å². The topological polar surface area (TPSA) is 51.2 Å². The monoisotopic (exact) mass is 354 g/mol. The first kappa shape index (κ1) is 17.4. The second-order valence-electron chi connectivity index (χ2n) is 6.11. The molecule has 0 aliphatic carbocycles. The van der Waals surface area contributed by atoms with Gasteiger partial charge in [0.15, 0.2) is 0 Å². The molecular weight excluding hydrogens is 332 g/mol. The molecule has 0 aliphatic heterocycles. The highest BCUT2D eigenvalue weighted by molar-refractivity contribution is 7.18. The lowest BCUT2D eigenvalue weighted by molar-refractivity contribution is -0.121. The summed E-state index contributed by atoms with van der Waals surface area (Å²) in [6, 6.07) is 13.9. The summed E-state index contributed by atoms with van der Waals surface area (Å²) < 4.78 is 6.57. The molecule has 5 heteroatoms. The van der Waals surface area contributed by atoms with Crippen molar-refractivity contribution in [2.24, 2.45) is 0 Å². The second-order valence-corrected chi connectivity index (χ2v) is 7.23. The Bertz CT molecular complexity index is 855. The minimum Gasteiger partial charge on any atom is -0.496 e. The standard InChI is InChI=1S/C20H22N2O2S/c1-13-8-9-17(24-3)15(12-13)14(2)21-19(23)10-11-20-22-16-6-4-5-7-18(16)25-20/h4-9,12,14H,10-11H2,1-3H3,(H,21,23). The van der Waals surface area contributed by atoms with Crippen molar-refractivity contribution in [3.63, 3.8) is 0 Å². The van der Waals surface area contributed by atoms with Gasteiger partial charge in [0.1, 0.15) is 5.75 Å². The first-order valence-electron chi connectivity index (χ1n) is 8.35. The Kier molecular flexibility index (Phi) is 5.34. The molecule has 1 heterocycles. The van der Waals surface area contributed by atoms with E-state index in [0.717, 1.165) is 32.1 Å². The van der Waals surface area contributed by atoms with Crippen molar-refractivity contribution < 1.29 is 9.53 Å². The van der Waals surface area contributed by atoms with Crippen LogP contribution in [-0.2, 0) is 11.2 Å². The van der Waals surface area contributed by atoms with Crippen LogP contribution in [0.1, 0.15) is 35.5 Å². The second kappa shape index (κ2) is 7.66. The summed E-state index contributed by atoms with van der Waals surface area (Å²) in [6.45, 7) is 4.01. The van der Waals surface area contributed by atoms with Crippen molar-refractivity contribution in [2.45, 2.75) is 32.7 Å². The molecule has 130 valence electrons. The van der Waals surface area contributed by atoms with Gasteiger partial charge in [-0.05, 0) is 32.0 Å². The lowest BCUT2D eigenvalue weighted by Gasteiger charge is -2.18. The maximum Gasteiger partial charge on any atom is 0.220 e. The van der Waals surface area contributed by atoms with Crippen LogP contribution in [0.25, 0.3) is 10.2 Å². The lowest BCUT2D eigenvalue weighted by Crippen LogP contribution is -2.27. The highest BCUT2D eigenvalue weighted by Gasteiger charge is 2.15. The van der Waals surface area contributed by atoms with Crippen molar-refractivity contribution in [1.82, 2.24) is 10.3 Å². The number of aryl methyl sites for hydroxylation is 2. The molecule has 0 aliphatic rings. The van der Waals surface area contributed by atoms with E-state index in [0.29, 0.717) is 12.8 Å². The summed E-state index contributed by atoms with van der Waals surface area (Å²) in [6.07, 6.45) is 1.08. The summed E-state index contributed by atoms with van der Waals surface area (Å²) in [4.78, 5) is 16.9. The van der Waals surface area contributed by atoms with Gasteiger partial charge in [-0.2, -0.15) is 0 Å². The van der Waals surface area contributed by atoms with Gasteiger partial charge in [0.05, 0.1) is 28.4 Å². The van der Waals surface area contributed by atoms with Crippen molar-refractivity contribution >= 4 is 27.5 Å². The quantitative estimate of drug-likeness (QED) is 0.713. The number of carbonyl (C=O) groups is 1. The summed E-state index contributed by atoms with van der Waals surface area (Å²) in [5, 5.41) is 4.06. The number of hydrogen-bond donors (Lipinski definition) is 1. The largest absolute Gasteiger partial charge is 0.496 e. The third-order valence-electron chi connectivity index (χ3n) is 4.13. The number of para-hydroxylation sites is 1. The number of hydrogen-bond acceptors (Lipinski definition) is 4. The van der Waals surface area contributed by atoms with E-state index in [9.17, 15) is 4.79 Å². The molecule has 0 bridgehead atoms. The van der Waals surface area contributed by atoms with Crippen LogP contribution in [0, 0.1) is 6.92 Å². The van der Waals surface area contributed by atoms with Gasteiger partial charge in [-0.1, -0.05) is 29.8 Å². The van der Waals surface area contributed by atoms with Crippen molar-refractivity contribution in [3.8, 4) is 5.75 Å². The normalized spacial score (nSPS) is 12.1. The van der Waals surface area contributed by atoms with Gasteiger partial charge in [-0.25, -0.2) is 4.98 Å². The number of carbonyl (C=O) groups excluding carboxylic acids is 1. The Labute approximate surface area is 151 Å². The van der Waals surface area contributed by atoms with Crippen LogP contribution < -0.4 is 10.1 Å². The highest BCUT2D eigenvalue weighted by atomic mass is 32.1. The molecule has 25 heavy (non-hydrogen) atoms. The van der Waals surface area contributed by atoms with Crippen molar-refractivity contribution in [2.75, 3.05) is 7.11 Å². The van der Waals surface area contributed by atoms with Crippen LogP contribution in [0.15, 0.2) is 42.5 Å². The molecule has 1 amide bonds. The summed E-state index contributed by atoms with van der Waals surface area (Å²) in [5.41, 5.74) is 3.14. The highest BCUT2D eigenvalue weighted by Crippen LogP contribution is 2.26. The molecule has 0 radical (unpaired) electrons. The van der Waals surface area contributed by atoms with Gasteiger partial charge < -0.3 is 10.1 Å². The molecule has 0 fully saturated rings. The molecule has 1 N–H and O–H groups in total. The van der Waals surface area contributed by atoms with Gasteiger partial charge >= 0.3 is 0 Å². The van der Waals surface area contributed by atoms with E-state index in [1.54, 1.807) is 18.4 Å². The average Bonchev–Trinajstić information content (AvgIpc) is 3.03. The molecule has 0 saturated heterocycles. The molecule has 1 atom stereocenters. The number of thiazole rings is 1. The third-order valence-corrected chi connectivity index (χ3v) is 5.23. The Balaban J connectivity index is 1.61. The number of ether oxygens (including phenoxy) is 1. The molecule has 1 aromatic heterocycles. The summed E-state index contributed by atoms with van der Waals surface area (Å²) >= 11 is 1.65. The molecular formula is C20H22N2O2S. The molecule has 4 nitrogen and oxygen atoms in total. The van der Waals surface area contributed by atoms with Crippen molar-refractivity contribution in [1.29, 1.82) is 0 Å². The number of rotatable bonds is 6. The molecule has 3 aromatic rings. The number of fused-ring (bicyclic) bond motifs is 1. The fourth-order valence-electron chi connectivity index (χ4n) is 2.83. The maximum atomic E-state index is 12.3. The molecule has 0 spiro atoms. The summed E-state index contributed by atoms with van der Waals surface area (Å²) in [5.74, 6) is 0.819. The number of aromatic nitrogens is 1. The van der Waals surface area contributed by atoms with E-state index in [-0.39, 0.29) is 11.9 Å². The molecule has 0 saturated carbocycles. The fraction of sp³-hybridized carbons (Fsp3) is 0.300. The lowest BCUT2D eigenvalue weighted by atomic mass is 10.0. The fourth-order valence-corrected chi connectivity index (χ4v) is 3.80. The van der Waals surface area contributed by atoms with E-state index < -0.39 is 0 Å². The molecule has 3 rings (SSSR count). The predicted octanol–water partition coefficient (Wildman–Crippen LogP) is 4.42. The number of nitrogens with zero attached hydrogens (tertiary/aromatic N) is 1. The van der Waals surface area contributed by atoms with Crippen LogP contribution in [0.4, 0.5) is 0 Å². The number of amides is 1. The first-order valence-corrected chi connectivity index (χ1v) is 9.17. The van der Waals surface area contributed by atoms with E-state index in [4.69, 9.17) is 4.74 Å². The van der Waals surface area contributed by atoms with Gasteiger partial charge in [0, 0.05) is 18.4 Å². The minimum atomic E-state index is -0.0993. The number of methoxy groups -OCH3 is 1. The average molecular weight is 354 g/mol. The Morgan fingerprint density at radius 1 is 1.28 bits per heavy atom. The molecule has 2 aromatic carbocycles. The Morgan fingerprint density at radius 3 is 2.84 bits per heavy atom. The van der Waals surface area contributed by atoms with E-state index >= 15 is 0 Å². The van der Waals surface area contributed by atoms with Gasteiger partial charge in [-0.15, -0.1) is 11.3 Å². The Morgan fingerprint density at radius 2 is 2.08 bits per heavy atom. The number of nitrogens with one attached hydrogen (secondary N) is 1. The van der Waals surface area contributed by atoms with Gasteiger partial charge in [0.25, 0.3) is 0 Å².